The molecule has 0 N–H and O–H groups in total. The standard InChI is InChI=1S/C47H69GeOP/c1-30(2)34-26-36(31(3)4)41(37(27-34)32(5)6)48(47(16,17)18)43(40(49-48)25-24-33-22-20-19-21-23-33)50-42-38(45(10,11)12)28-35(44(7,8)9)29-39(42)46(13,14)15/h19-32,40H,1-18H3/b25-24+/t40-,48-/m1/s1. The SMILES string of the molecule is CC(C)c1cc(C(C)C)[c]([Ge@@]2([C](C)(C)C)[O][C@H](/C=C/c3ccccc3)[C]2=Pc2c(C(C)(C)C)cc(C(C)(C)C)cc2C(C)(C)C)c(C(C)C)c1. The summed E-state index contributed by atoms with van der Waals surface area (Å²) in [4.78, 5) is 0. The van der Waals surface area contributed by atoms with Gasteiger partial charge in [0, 0.05) is 0 Å². The molecule has 0 spiro atoms. The van der Waals surface area contributed by atoms with Crippen LogP contribution in [0.4, 0.5) is 0 Å². The van der Waals surface area contributed by atoms with Crippen molar-refractivity contribution >= 4 is 41.7 Å². The molecular formula is C47H69GeOP. The third kappa shape index (κ3) is 8.16. The number of benzene rings is 3. The zero-order valence-electron chi connectivity index (χ0n) is 35.0. The van der Waals surface area contributed by atoms with Crippen molar-refractivity contribution in [1.29, 1.82) is 0 Å². The van der Waals surface area contributed by atoms with E-state index in [1.807, 2.05) is 0 Å². The first-order valence-electron chi connectivity index (χ1n) is 19.2. The fourth-order valence-corrected chi connectivity index (χ4v) is 23.8. The molecule has 50 heavy (non-hydrogen) atoms. The average molecular weight is 754 g/mol. The van der Waals surface area contributed by atoms with Gasteiger partial charge in [0.1, 0.15) is 0 Å². The summed E-state index contributed by atoms with van der Waals surface area (Å²) in [5.41, 5.74) is 10.1. The van der Waals surface area contributed by atoms with E-state index in [2.05, 4.69) is 191 Å². The normalized spacial score (nSPS) is 20.1. The molecule has 0 bridgehead atoms. The molecule has 3 aromatic rings. The Bertz CT molecular complexity index is 1660. The van der Waals surface area contributed by atoms with Crippen LogP contribution in [0, 0.1) is 0 Å². The molecule has 1 aliphatic rings. The van der Waals surface area contributed by atoms with Crippen molar-refractivity contribution < 1.29 is 3.76 Å². The Hall–Kier alpha value is -1.93. The Balaban J connectivity index is 2.23. The van der Waals surface area contributed by atoms with E-state index in [9.17, 15) is 0 Å². The van der Waals surface area contributed by atoms with Crippen molar-refractivity contribution in [3.8, 4) is 0 Å². The maximum atomic E-state index is 7.75. The second-order valence-electron chi connectivity index (χ2n) is 19.9. The van der Waals surface area contributed by atoms with Gasteiger partial charge < -0.3 is 0 Å². The molecule has 0 aliphatic carbocycles. The van der Waals surface area contributed by atoms with E-state index in [4.69, 9.17) is 3.76 Å². The molecule has 3 aromatic carbocycles. The molecule has 1 fully saturated rings. The van der Waals surface area contributed by atoms with Gasteiger partial charge in [-0.1, -0.05) is 0 Å². The third-order valence-electron chi connectivity index (χ3n) is 10.6. The van der Waals surface area contributed by atoms with Crippen molar-refractivity contribution in [2.24, 2.45) is 0 Å². The summed E-state index contributed by atoms with van der Waals surface area (Å²) in [7, 11) is 1.34. The van der Waals surface area contributed by atoms with Crippen molar-refractivity contribution in [3.63, 3.8) is 0 Å². The van der Waals surface area contributed by atoms with E-state index in [0.717, 1.165) is 0 Å². The molecule has 1 nitrogen and oxygen atoms in total. The van der Waals surface area contributed by atoms with E-state index >= 15 is 0 Å². The van der Waals surface area contributed by atoms with Crippen LogP contribution in [0.2, 0.25) is 4.25 Å². The zero-order valence-corrected chi connectivity index (χ0v) is 38.0. The van der Waals surface area contributed by atoms with Crippen LogP contribution in [-0.4, -0.2) is 23.8 Å². The Morgan fingerprint density at radius 3 is 1.50 bits per heavy atom. The molecule has 1 saturated heterocycles. The molecular weight excluding hydrogens is 684 g/mol. The Kier molecular flexibility index (Phi) is 11.8. The molecule has 0 saturated carbocycles. The van der Waals surface area contributed by atoms with Gasteiger partial charge in [-0.15, -0.1) is 0 Å². The monoisotopic (exact) mass is 754 g/mol. The summed E-state index contributed by atoms with van der Waals surface area (Å²) in [5, 5.41) is 1.50. The maximum absolute atomic E-state index is 7.75. The molecule has 0 aromatic heterocycles. The van der Waals surface area contributed by atoms with Crippen LogP contribution >= 0.6 is 8.20 Å². The summed E-state index contributed by atoms with van der Waals surface area (Å²) in [6.45, 7) is 43.3. The summed E-state index contributed by atoms with van der Waals surface area (Å²) < 4.78 is 11.0. The zero-order chi connectivity index (χ0) is 37.8. The fraction of sp³-hybridized carbons (Fsp3) is 0.553. The van der Waals surface area contributed by atoms with E-state index in [0.29, 0.717) is 17.8 Å². The van der Waals surface area contributed by atoms with Crippen molar-refractivity contribution in [2.45, 2.75) is 169 Å². The van der Waals surface area contributed by atoms with Crippen LogP contribution in [0.3, 0.4) is 0 Å². The van der Waals surface area contributed by atoms with Crippen LogP contribution in [0.15, 0.2) is 60.7 Å². The molecule has 4 rings (SSSR count). The average Bonchev–Trinajstić information content (AvgIpc) is 2.97. The van der Waals surface area contributed by atoms with Crippen LogP contribution < -0.4 is 9.70 Å². The first-order chi connectivity index (χ1) is 22.8. The molecule has 272 valence electrons. The Labute approximate surface area is 312 Å². The van der Waals surface area contributed by atoms with Gasteiger partial charge in [0.05, 0.1) is 0 Å². The van der Waals surface area contributed by atoms with E-state index in [-0.39, 0.29) is 26.6 Å². The van der Waals surface area contributed by atoms with Gasteiger partial charge in [-0.2, -0.15) is 0 Å². The molecule has 1 aliphatic heterocycles. The summed E-state index contributed by atoms with van der Waals surface area (Å²) in [6, 6.07) is 21.0. The van der Waals surface area contributed by atoms with Gasteiger partial charge in [-0.3, -0.25) is 0 Å². The third-order valence-corrected chi connectivity index (χ3v) is 24.6. The van der Waals surface area contributed by atoms with Gasteiger partial charge in [0.2, 0.25) is 0 Å². The number of hydrogen-bond acceptors (Lipinski definition) is 1. The molecule has 0 unspecified atom stereocenters. The fourth-order valence-electron chi connectivity index (χ4n) is 7.42. The predicted octanol–water partition coefficient (Wildman–Crippen LogP) is 13.0. The van der Waals surface area contributed by atoms with Crippen molar-refractivity contribution in [2.75, 3.05) is 0 Å². The molecule has 2 atom stereocenters. The first-order valence-corrected chi connectivity index (χ1v) is 24.1. The predicted molar refractivity (Wildman–Crippen MR) is 228 cm³/mol. The van der Waals surface area contributed by atoms with Crippen LogP contribution in [0.1, 0.15) is 181 Å². The molecule has 1 heterocycles. The minimum absolute atomic E-state index is 0.00732. The molecule has 0 amide bonds. The summed E-state index contributed by atoms with van der Waals surface area (Å²) >= 11 is -3.54. The minimum atomic E-state index is -3.54. The van der Waals surface area contributed by atoms with Crippen molar-refractivity contribution in [1.82, 2.24) is 0 Å². The van der Waals surface area contributed by atoms with E-state index in [1.165, 1.54) is 52.5 Å². The number of rotatable bonds is 7. The van der Waals surface area contributed by atoms with Gasteiger partial charge in [-0.25, -0.2) is 0 Å². The van der Waals surface area contributed by atoms with E-state index < -0.39 is 13.6 Å². The van der Waals surface area contributed by atoms with Crippen LogP contribution in [-0.2, 0) is 20.0 Å². The van der Waals surface area contributed by atoms with Gasteiger partial charge in [0.25, 0.3) is 0 Å². The molecule has 0 radical (unpaired) electrons. The number of hydrogen-bond donors (Lipinski definition) is 0. The topological polar surface area (TPSA) is 9.23 Å². The van der Waals surface area contributed by atoms with Gasteiger partial charge in [-0.05, 0) is 0 Å². The van der Waals surface area contributed by atoms with Gasteiger partial charge in [0.15, 0.2) is 0 Å². The summed E-state index contributed by atoms with van der Waals surface area (Å²) in [6.07, 6.45) is 4.64. The van der Waals surface area contributed by atoms with Crippen LogP contribution in [0.5, 0.6) is 0 Å². The first kappa shape index (κ1) is 40.8. The Morgan fingerprint density at radius 1 is 0.640 bits per heavy atom. The second kappa shape index (κ2) is 14.5. The quantitative estimate of drug-likeness (QED) is 0.172. The van der Waals surface area contributed by atoms with Crippen molar-refractivity contribution in [3.05, 3.63) is 99.6 Å². The summed E-state index contributed by atoms with van der Waals surface area (Å²) in [5.74, 6) is 1.30. The second-order valence-corrected chi connectivity index (χ2v) is 30.7. The Morgan fingerprint density at radius 2 is 1.12 bits per heavy atom. The van der Waals surface area contributed by atoms with Crippen LogP contribution in [0.25, 0.3) is 6.08 Å². The molecule has 3 heteroatoms. The van der Waals surface area contributed by atoms with Gasteiger partial charge >= 0.3 is 314 Å². The van der Waals surface area contributed by atoms with E-state index in [1.54, 1.807) is 8.52 Å².